The highest BCUT2D eigenvalue weighted by Gasteiger charge is 2.56. The normalized spacial score (nSPS) is 35.4. The fourth-order valence-corrected chi connectivity index (χ4v) is 7.02. The fraction of sp³-hybridized carbons (Fsp3) is 0.643. The van der Waals surface area contributed by atoms with E-state index in [1.54, 1.807) is 0 Å². The summed E-state index contributed by atoms with van der Waals surface area (Å²) in [7, 11) is 0. The lowest BCUT2D eigenvalue weighted by molar-refractivity contribution is -0.0378. The zero-order chi connectivity index (χ0) is 21.5. The van der Waals surface area contributed by atoms with E-state index in [0.717, 1.165) is 38.5 Å². The number of hydrogen-bond acceptors (Lipinski definition) is 2. The summed E-state index contributed by atoms with van der Waals surface area (Å²) in [6, 6.07) is 6.08. The van der Waals surface area contributed by atoms with Crippen LogP contribution < -0.4 is 0 Å². The molecule has 0 spiro atoms. The molecule has 3 aliphatic rings. The first-order valence-corrected chi connectivity index (χ1v) is 12.1. The number of hydrogen-bond donors (Lipinski definition) is 2. The van der Waals surface area contributed by atoms with Gasteiger partial charge in [-0.05, 0) is 124 Å². The molecule has 0 heterocycles. The smallest absolute Gasteiger partial charge is 0.115 e. The van der Waals surface area contributed by atoms with Crippen LogP contribution >= 0.6 is 0 Å². The maximum atomic E-state index is 10.8. The predicted molar refractivity (Wildman–Crippen MR) is 125 cm³/mol. The molecule has 2 saturated carbocycles. The zero-order valence-electron chi connectivity index (χ0n) is 19.3. The molecule has 6 atom stereocenters. The number of fused-ring (bicyclic) bond motifs is 5. The number of aromatic hydroxyl groups is 1. The number of benzene rings is 1. The maximum Gasteiger partial charge on any atom is 0.115 e. The molecule has 0 aromatic heterocycles. The van der Waals surface area contributed by atoms with Crippen molar-refractivity contribution >= 4 is 0 Å². The quantitative estimate of drug-likeness (QED) is 0.519. The van der Waals surface area contributed by atoms with Gasteiger partial charge in [0.25, 0.3) is 0 Å². The molecule has 3 unspecified atom stereocenters. The Hall–Kier alpha value is -1.54. The van der Waals surface area contributed by atoms with Gasteiger partial charge in [-0.1, -0.05) is 36.3 Å². The van der Waals surface area contributed by atoms with E-state index in [4.69, 9.17) is 0 Å². The van der Waals surface area contributed by atoms with E-state index in [1.807, 2.05) is 12.1 Å². The molecule has 164 valence electrons. The van der Waals surface area contributed by atoms with E-state index in [2.05, 4.69) is 45.9 Å². The number of phenolic OH excluding ortho intramolecular Hbond substituents is 1. The van der Waals surface area contributed by atoms with Crippen molar-refractivity contribution < 1.29 is 10.2 Å². The second-order valence-electron chi connectivity index (χ2n) is 10.9. The van der Waals surface area contributed by atoms with Crippen LogP contribution in [0.1, 0.15) is 89.7 Å². The van der Waals surface area contributed by atoms with Crippen molar-refractivity contribution in [3.05, 3.63) is 52.6 Å². The van der Waals surface area contributed by atoms with Crippen LogP contribution in [0.15, 0.2) is 41.5 Å². The van der Waals surface area contributed by atoms with Gasteiger partial charge in [0, 0.05) is 0 Å². The highest BCUT2D eigenvalue weighted by molar-refractivity contribution is 5.41. The number of allylic oxidation sites excluding steroid dienone is 4. The van der Waals surface area contributed by atoms with Crippen molar-refractivity contribution in [2.45, 2.75) is 91.1 Å². The third-order valence-electron chi connectivity index (χ3n) is 8.70. The molecule has 0 saturated heterocycles. The lowest BCUT2D eigenvalue weighted by atomic mass is 9.52. The van der Waals surface area contributed by atoms with Crippen LogP contribution in [-0.2, 0) is 6.42 Å². The Kier molecular flexibility index (Phi) is 6.17. The molecule has 1 aromatic rings. The molecule has 1 aromatic carbocycles. The summed E-state index contributed by atoms with van der Waals surface area (Å²) in [6.07, 6.45) is 13.6. The number of aliphatic hydroxyl groups is 1. The molecule has 0 radical (unpaired) electrons. The largest absolute Gasteiger partial charge is 0.508 e. The van der Waals surface area contributed by atoms with E-state index in [-0.39, 0.29) is 11.5 Å². The van der Waals surface area contributed by atoms with E-state index >= 15 is 0 Å². The molecule has 2 nitrogen and oxygen atoms in total. The Balaban J connectivity index is 1.60. The Bertz CT molecular complexity index is 831. The van der Waals surface area contributed by atoms with Crippen molar-refractivity contribution in [2.75, 3.05) is 0 Å². The molecule has 3 aliphatic carbocycles. The lowest BCUT2D eigenvalue weighted by Crippen LogP contribution is -2.47. The number of phenols is 1. The van der Waals surface area contributed by atoms with Crippen LogP contribution in [0.3, 0.4) is 0 Å². The fourth-order valence-electron chi connectivity index (χ4n) is 7.02. The van der Waals surface area contributed by atoms with Crippen molar-refractivity contribution in [2.24, 2.45) is 23.2 Å². The lowest BCUT2D eigenvalue weighted by Gasteiger charge is -2.53. The maximum absolute atomic E-state index is 10.8. The summed E-state index contributed by atoms with van der Waals surface area (Å²) in [5, 5.41) is 20.9. The molecule has 4 rings (SSSR count). The monoisotopic (exact) mass is 408 g/mol. The van der Waals surface area contributed by atoms with Crippen LogP contribution in [-0.4, -0.2) is 16.3 Å². The van der Waals surface area contributed by atoms with Gasteiger partial charge in [-0.2, -0.15) is 0 Å². The summed E-state index contributed by atoms with van der Waals surface area (Å²) in [5.41, 5.74) is 5.82. The standard InChI is InChI=1S/C28H40O2/c1-18(2)6-5-7-19(3)8-9-20-16-21-17-22(29)10-11-23(21)24-14-15-28(4)25(27(20)24)12-13-26(28)30/h6,8,10-11,17,20,24-27,29-30H,5,7,9,12-16H2,1-4H3/t20-,24?,25?,26+,27?,28+/m1/s1. The molecule has 2 N–H and O–H groups in total. The second kappa shape index (κ2) is 8.54. The number of rotatable bonds is 5. The molecule has 2 heteroatoms. The van der Waals surface area contributed by atoms with Gasteiger partial charge in [0.05, 0.1) is 6.10 Å². The molecule has 0 amide bonds. The van der Waals surface area contributed by atoms with E-state index in [0.29, 0.717) is 29.4 Å². The average molecular weight is 409 g/mol. The Morgan fingerprint density at radius 3 is 2.70 bits per heavy atom. The van der Waals surface area contributed by atoms with Gasteiger partial charge in [-0.25, -0.2) is 0 Å². The summed E-state index contributed by atoms with van der Waals surface area (Å²) in [4.78, 5) is 0. The van der Waals surface area contributed by atoms with Gasteiger partial charge in [-0.3, -0.25) is 0 Å². The first kappa shape index (κ1) is 21.7. The first-order chi connectivity index (χ1) is 14.3. The second-order valence-corrected chi connectivity index (χ2v) is 10.9. The van der Waals surface area contributed by atoms with E-state index < -0.39 is 0 Å². The Morgan fingerprint density at radius 1 is 1.13 bits per heavy atom. The minimum Gasteiger partial charge on any atom is -0.508 e. The third-order valence-corrected chi connectivity index (χ3v) is 8.70. The number of aliphatic hydroxyl groups excluding tert-OH is 1. The summed E-state index contributed by atoms with van der Waals surface area (Å²) < 4.78 is 0. The average Bonchev–Trinajstić information content (AvgIpc) is 3.00. The summed E-state index contributed by atoms with van der Waals surface area (Å²) in [6.45, 7) is 8.98. The van der Waals surface area contributed by atoms with Gasteiger partial charge in [0.15, 0.2) is 0 Å². The molecular weight excluding hydrogens is 368 g/mol. The highest BCUT2D eigenvalue weighted by atomic mass is 16.3. The SMILES string of the molecule is CC(C)=CCCC(C)=CC[C@@H]1Cc2cc(O)ccc2C2CC[C@@]3(C)C(CC[C@@H]3O)C21. The summed E-state index contributed by atoms with van der Waals surface area (Å²) in [5.74, 6) is 2.87. The van der Waals surface area contributed by atoms with Gasteiger partial charge >= 0.3 is 0 Å². The molecule has 0 aliphatic heterocycles. The molecular formula is C28H40O2. The predicted octanol–water partition coefficient (Wildman–Crippen LogP) is 6.92. The van der Waals surface area contributed by atoms with Gasteiger partial charge in [0.1, 0.15) is 5.75 Å². The minimum atomic E-state index is -0.133. The van der Waals surface area contributed by atoms with Crippen LogP contribution in [0, 0.1) is 23.2 Å². The van der Waals surface area contributed by atoms with Crippen LogP contribution in [0.25, 0.3) is 0 Å². The van der Waals surface area contributed by atoms with Gasteiger partial charge < -0.3 is 10.2 Å². The van der Waals surface area contributed by atoms with E-state index in [1.165, 1.54) is 35.1 Å². The highest BCUT2D eigenvalue weighted by Crippen LogP contribution is 2.62. The zero-order valence-corrected chi connectivity index (χ0v) is 19.3. The van der Waals surface area contributed by atoms with Crippen molar-refractivity contribution in [1.82, 2.24) is 0 Å². The Morgan fingerprint density at radius 2 is 1.93 bits per heavy atom. The van der Waals surface area contributed by atoms with Crippen molar-refractivity contribution in [3.63, 3.8) is 0 Å². The molecule has 0 bridgehead atoms. The van der Waals surface area contributed by atoms with Gasteiger partial charge in [0.2, 0.25) is 0 Å². The third kappa shape index (κ3) is 4.00. The van der Waals surface area contributed by atoms with Crippen molar-refractivity contribution in [1.29, 1.82) is 0 Å². The summed E-state index contributed by atoms with van der Waals surface area (Å²) >= 11 is 0. The van der Waals surface area contributed by atoms with Crippen LogP contribution in [0.4, 0.5) is 0 Å². The van der Waals surface area contributed by atoms with Crippen LogP contribution in [0.2, 0.25) is 0 Å². The molecule has 30 heavy (non-hydrogen) atoms. The molecule has 2 fully saturated rings. The van der Waals surface area contributed by atoms with E-state index in [9.17, 15) is 10.2 Å². The topological polar surface area (TPSA) is 40.5 Å². The first-order valence-electron chi connectivity index (χ1n) is 12.1. The Labute approximate surface area is 183 Å². The van der Waals surface area contributed by atoms with Crippen LogP contribution in [0.5, 0.6) is 5.75 Å². The van der Waals surface area contributed by atoms with Gasteiger partial charge in [-0.15, -0.1) is 0 Å². The minimum absolute atomic E-state index is 0.0933. The van der Waals surface area contributed by atoms with Crippen molar-refractivity contribution in [3.8, 4) is 5.75 Å².